The van der Waals surface area contributed by atoms with Gasteiger partial charge in [-0.05, 0) is 12.8 Å². The Morgan fingerprint density at radius 3 is 2.31 bits per heavy atom. The van der Waals surface area contributed by atoms with E-state index in [1.54, 1.807) is 4.90 Å². The fourth-order valence-electron chi connectivity index (χ4n) is 2.63. The second-order valence-corrected chi connectivity index (χ2v) is 7.55. The van der Waals surface area contributed by atoms with Crippen LogP contribution in [0.1, 0.15) is 38.5 Å². The molecule has 0 aromatic carbocycles. The number of hydrogen-bond donors (Lipinski definition) is 0. The Morgan fingerprint density at radius 2 is 1.81 bits per heavy atom. The molecule has 92 valence electrons. The Kier molecular flexibility index (Phi) is 3.45. The fraction of sp³-hybridized carbons (Fsp3) is 0.900. The summed E-state index contributed by atoms with van der Waals surface area (Å²) < 4.78 is 22.4. The summed E-state index contributed by atoms with van der Waals surface area (Å²) in [7, 11) is 1.71. The predicted molar refractivity (Wildman–Crippen MR) is 61.8 cm³/mol. The molecule has 1 heterocycles. The number of carbonyl (C=O) groups is 1. The van der Waals surface area contributed by atoms with Gasteiger partial charge in [0.1, 0.15) is 5.25 Å². The minimum atomic E-state index is -3.60. The van der Waals surface area contributed by atoms with Crippen LogP contribution in [0.3, 0.4) is 0 Å². The molecule has 0 bridgehead atoms. The third-order valence-corrected chi connectivity index (χ3v) is 5.40. The largest absolute Gasteiger partial charge is 0.338 e. The molecule has 0 radical (unpaired) electrons. The Hall–Kier alpha value is -0.290. The average Bonchev–Trinajstić information content (AvgIpc) is 2.61. The maximum absolute atomic E-state index is 11.7. The molecule has 2 aliphatic rings. The van der Waals surface area contributed by atoms with Gasteiger partial charge in [0.05, 0.1) is 0 Å². The number of rotatable bonds is 2. The molecule has 1 unspecified atom stereocenters. The summed E-state index contributed by atoms with van der Waals surface area (Å²) in [6, 6.07) is 0.240. The maximum Gasteiger partial charge on any atom is 0.237 e. The van der Waals surface area contributed by atoms with Gasteiger partial charge in [-0.2, -0.15) is 0 Å². The molecule has 4 nitrogen and oxygen atoms in total. The van der Waals surface area contributed by atoms with E-state index in [1.165, 1.54) is 6.42 Å². The van der Waals surface area contributed by atoms with Gasteiger partial charge < -0.3 is 4.90 Å². The first-order valence-electron chi connectivity index (χ1n) is 5.71. The lowest BCUT2D eigenvalue weighted by atomic mass is 9.94. The van der Waals surface area contributed by atoms with Crippen LogP contribution in [0.4, 0.5) is 0 Å². The molecule has 1 aliphatic heterocycles. The van der Waals surface area contributed by atoms with Gasteiger partial charge in [-0.25, -0.2) is 8.42 Å². The molecule has 0 N–H and O–H groups in total. The normalized spacial score (nSPS) is 28.7. The van der Waals surface area contributed by atoms with E-state index in [0.717, 1.165) is 25.7 Å². The van der Waals surface area contributed by atoms with Gasteiger partial charge in [0, 0.05) is 29.7 Å². The van der Waals surface area contributed by atoms with Gasteiger partial charge >= 0.3 is 0 Å². The van der Waals surface area contributed by atoms with Crippen molar-refractivity contribution in [1.82, 2.24) is 4.90 Å². The smallest absolute Gasteiger partial charge is 0.237 e. The number of hydrogen-bond acceptors (Lipinski definition) is 3. The highest BCUT2D eigenvalue weighted by molar-refractivity contribution is 8.14. The van der Waals surface area contributed by atoms with Crippen LogP contribution >= 0.6 is 10.7 Å². The Labute approximate surface area is 100 Å². The topological polar surface area (TPSA) is 54.5 Å². The third-order valence-electron chi connectivity index (χ3n) is 3.54. The molecule has 1 saturated carbocycles. The molecular formula is C10H16ClNO3S. The first kappa shape index (κ1) is 12.2. The third kappa shape index (κ3) is 2.51. The van der Waals surface area contributed by atoms with Crippen LogP contribution in [0.15, 0.2) is 0 Å². The van der Waals surface area contributed by atoms with Crippen LogP contribution in [0.25, 0.3) is 0 Å². The van der Waals surface area contributed by atoms with Crippen molar-refractivity contribution < 1.29 is 13.2 Å². The first-order valence-corrected chi connectivity index (χ1v) is 8.08. The number of likely N-dealkylation sites (tertiary alicyclic amines) is 1. The van der Waals surface area contributed by atoms with Crippen molar-refractivity contribution in [2.24, 2.45) is 0 Å². The minimum Gasteiger partial charge on any atom is -0.338 e. The summed E-state index contributed by atoms with van der Waals surface area (Å²) in [6.45, 7) is 0.287. The minimum absolute atomic E-state index is 0.0545. The highest BCUT2D eigenvalue weighted by Gasteiger charge is 2.40. The van der Waals surface area contributed by atoms with Gasteiger partial charge in [-0.3, -0.25) is 4.79 Å². The zero-order chi connectivity index (χ0) is 11.8. The lowest BCUT2D eigenvalue weighted by molar-refractivity contribution is -0.130. The summed E-state index contributed by atoms with van der Waals surface area (Å²) in [4.78, 5) is 13.5. The van der Waals surface area contributed by atoms with Crippen molar-refractivity contribution in [3.63, 3.8) is 0 Å². The highest BCUT2D eigenvalue weighted by Crippen LogP contribution is 2.29. The highest BCUT2D eigenvalue weighted by atomic mass is 35.7. The predicted octanol–water partition coefficient (Wildman–Crippen LogP) is 1.49. The Morgan fingerprint density at radius 1 is 1.19 bits per heavy atom. The number of amides is 1. The molecule has 0 aromatic rings. The molecule has 1 aliphatic carbocycles. The van der Waals surface area contributed by atoms with Gasteiger partial charge in [-0.1, -0.05) is 19.3 Å². The second kappa shape index (κ2) is 4.53. The summed E-state index contributed by atoms with van der Waals surface area (Å²) in [5.74, 6) is -0.0545. The van der Waals surface area contributed by atoms with E-state index < -0.39 is 14.3 Å². The lowest BCUT2D eigenvalue weighted by Gasteiger charge is -2.31. The first-order chi connectivity index (χ1) is 7.48. The standard InChI is InChI=1S/C10H16ClNO3S/c11-16(14,15)9-6-10(13)12(7-9)8-4-2-1-3-5-8/h8-9H,1-7H2. The number of halogens is 1. The van der Waals surface area contributed by atoms with Crippen molar-refractivity contribution >= 4 is 25.6 Å². The van der Waals surface area contributed by atoms with Crippen molar-refractivity contribution in [2.45, 2.75) is 49.8 Å². The van der Waals surface area contributed by atoms with Crippen molar-refractivity contribution in [3.8, 4) is 0 Å². The molecule has 2 rings (SSSR count). The van der Waals surface area contributed by atoms with Gasteiger partial charge in [0.25, 0.3) is 0 Å². The molecule has 6 heteroatoms. The van der Waals surface area contributed by atoms with Gasteiger partial charge in [-0.15, -0.1) is 0 Å². The zero-order valence-corrected chi connectivity index (χ0v) is 10.6. The fourth-order valence-corrected chi connectivity index (χ4v) is 3.67. The average molecular weight is 266 g/mol. The van der Waals surface area contributed by atoms with E-state index in [1.807, 2.05) is 0 Å². The van der Waals surface area contributed by atoms with Crippen molar-refractivity contribution in [2.75, 3.05) is 6.54 Å². The maximum atomic E-state index is 11.7. The quantitative estimate of drug-likeness (QED) is 0.711. The SMILES string of the molecule is O=C1CC(S(=O)(=O)Cl)CN1C1CCCCC1. The van der Waals surface area contributed by atoms with Gasteiger partial charge in [0.15, 0.2) is 0 Å². The molecular weight excluding hydrogens is 250 g/mol. The molecule has 16 heavy (non-hydrogen) atoms. The van der Waals surface area contributed by atoms with E-state index in [-0.39, 0.29) is 24.9 Å². The van der Waals surface area contributed by atoms with Crippen LogP contribution in [0, 0.1) is 0 Å². The summed E-state index contributed by atoms with van der Waals surface area (Å²) in [5.41, 5.74) is 0. The second-order valence-electron chi connectivity index (χ2n) is 4.64. The van der Waals surface area contributed by atoms with Crippen LogP contribution < -0.4 is 0 Å². The summed E-state index contributed by atoms with van der Waals surface area (Å²) in [6.07, 6.45) is 5.54. The van der Waals surface area contributed by atoms with Crippen LogP contribution in [-0.4, -0.2) is 37.1 Å². The van der Waals surface area contributed by atoms with Crippen LogP contribution in [0.5, 0.6) is 0 Å². The van der Waals surface area contributed by atoms with E-state index in [4.69, 9.17) is 10.7 Å². The van der Waals surface area contributed by atoms with Gasteiger partial charge in [0.2, 0.25) is 15.0 Å². The van der Waals surface area contributed by atoms with Crippen molar-refractivity contribution in [3.05, 3.63) is 0 Å². The Balaban J connectivity index is 2.04. The molecule has 2 fully saturated rings. The molecule has 0 aromatic heterocycles. The zero-order valence-electron chi connectivity index (χ0n) is 9.06. The molecule has 1 atom stereocenters. The summed E-state index contributed by atoms with van der Waals surface area (Å²) >= 11 is 0. The monoisotopic (exact) mass is 265 g/mol. The molecule has 1 saturated heterocycles. The van der Waals surface area contributed by atoms with E-state index >= 15 is 0 Å². The van der Waals surface area contributed by atoms with Crippen molar-refractivity contribution in [1.29, 1.82) is 0 Å². The van der Waals surface area contributed by atoms with E-state index in [9.17, 15) is 13.2 Å². The Bertz CT molecular complexity index is 376. The van der Waals surface area contributed by atoms with Crippen LogP contribution in [-0.2, 0) is 13.8 Å². The lowest BCUT2D eigenvalue weighted by Crippen LogP contribution is -2.38. The molecule has 1 amide bonds. The molecule has 0 spiro atoms. The number of carbonyl (C=O) groups excluding carboxylic acids is 1. The van der Waals surface area contributed by atoms with E-state index in [0.29, 0.717) is 0 Å². The summed E-state index contributed by atoms with van der Waals surface area (Å²) in [5, 5.41) is -0.705. The number of nitrogens with zero attached hydrogens (tertiary/aromatic N) is 1. The van der Waals surface area contributed by atoms with Crippen LogP contribution in [0.2, 0.25) is 0 Å². The van der Waals surface area contributed by atoms with E-state index in [2.05, 4.69) is 0 Å².